The molecular formula is C23H29N3O4S. The van der Waals surface area contributed by atoms with Gasteiger partial charge in [0, 0.05) is 36.8 Å². The lowest BCUT2D eigenvalue weighted by molar-refractivity contribution is -0.119. The molecule has 3 rings (SSSR count). The molecule has 2 aromatic rings. The summed E-state index contributed by atoms with van der Waals surface area (Å²) in [6, 6.07) is 13.7. The van der Waals surface area contributed by atoms with Crippen molar-refractivity contribution < 1.29 is 18.0 Å². The SMILES string of the molecule is CC(C)C(=O)Nc1ccc(NC(=O)CCc2ccc(S(=O)(=O)N3CCCC3)cc2)cc1. The molecule has 166 valence electrons. The highest BCUT2D eigenvalue weighted by Gasteiger charge is 2.26. The van der Waals surface area contributed by atoms with Crippen LogP contribution in [0.5, 0.6) is 0 Å². The number of carbonyl (C=O) groups is 2. The van der Waals surface area contributed by atoms with Crippen LogP contribution in [0.15, 0.2) is 53.4 Å². The van der Waals surface area contributed by atoms with Gasteiger partial charge >= 0.3 is 0 Å². The second kappa shape index (κ2) is 10.1. The second-order valence-electron chi connectivity index (χ2n) is 8.02. The van der Waals surface area contributed by atoms with E-state index in [0.29, 0.717) is 35.8 Å². The molecule has 1 aliphatic rings. The van der Waals surface area contributed by atoms with Crippen LogP contribution in [0.3, 0.4) is 0 Å². The van der Waals surface area contributed by atoms with E-state index >= 15 is 0 Å². The molecule has 31 heavy (non-hydrogen) atoms. The van der Waals surface area contributed by atoms with Crippen molar-refractivity contribution in [2.24, 2.45) is 5.92 Å². The number of benzene rings is 2. The van der Waals surface area contributed by atoms with E-state index in [1.807, 2.05) is 13.8 Å². The molecular weight excluding hydrogens is 414 g/mol. The Morgan fingerprint density at radius 3 is 2.00 bits per heavy atom. The summed E-state index contributed by atoms with van der Waals surface area (Å²) in [7, 11) is -3.42. The number of aryl methyl sites for hydroxylation is 1. The number of nitrogens with zero attached hydrogens (tertiary/aromatic N) is 1. The number of nitrogens with one attached hydrogen (secondary N) is 2. The standard InChI is InChI=1S/C23H29N3O4S/c1-17(2)23(28)25-20-10-8-19(9-11-20)24-22(27)14-7-18-5-12-21(13-6-18)31(29,30)26-15-3-4-16-26/h5-6,8-13,17H,3-4,7,14-16H2,1-2H3,(H,24,27)(H,25,28). The van der Waals surface area contributed by atoms with Crippen molar-refractivity contribution in [3.05, 3.63) is 54.1 Å². The molecule has 2 N–H and O–H groups in total. The monoisotopic (exact) mass is 443 g/mol. The zero-order valence-corrected chi connectivity index (χ0v) is 18.7. The minimum Gasteiger partial charge on any atom is -0.326 e. The van der Waals surface area contributed by atoms with Gasteiger partial charge in [0.25, 0.3) is 0 Å². The molecule has 0 aromatic heterocycles. The fourth-order valence-electron chi connectivity index (χ4n) is 3.31. The summed E-state index contributed by atoms with van der Waals surface area (Å²) >= 11 is 0. The number of anilines is 2. The Balaban J connectivity index is 1.50. The van der Waals surface area contributed by atoms with Crippen LogP contribution in [0.25, 0.3) is 0 Å². The quantitative estimate of drug-likeness (QED) is 0.651. The Kier molecular flexibility index (Phi) is 7.46. The fourth-order valence-corrected chi connectivity index (χ4v) is 4.83. The molecule has 0 radical (unpaired) electrons. The highest BCUT2D eigenvalue weighted by molar-refractivity contribution is 7.89. The van der Waals surface area contributed by atoms with Gasteiger partial charge in [0.05, 0.1) is 4.90 Å². The second-order valence-corrected chi connectivity index (χ2v) is 9.96. The maximum Gasteiger partial charge on any atom is 0.243 e. The fraction of sp³-hybridized carbons (Fsp3) is 0.391. The first-order chi connectivity index (χ1) is 14.8. The van der Waals surface area contributed by atoms with E-state index < -0.39 is 10.0 Å². The van der Waals surface area contributed by atoms with Gasteiger partial charge in [0.2, 0.25) is 21.8 Å². The molecule has 0 bridgehead atoms. The molecule has 2 aromatic carbocycles. The molecule has 0 atom stereocenters. The Bertz CT molecular complexity index is 1010. The van der Waals surface area contributed by atoms with Gasteiger partial charge in [-0.2, -0.15) is 4.31 Å². The molecule has 1 saturated heterocycles. The number of hydrogen-bond acceptors (Lipinski definition) is 4. The van der Waals surface area contributed by atoms with E-state index in [-0.39, 0.29) is 24.2 Å². The van der Waals surface area contributed by atoms with Gasteiger partial charge in [-0.15, -0.1) is 0 Å². The molecule has 7 nitrogen and oxygen atoms in total. The van der Waals surface area contributed by atoms with Crippen molar-refractivity contribution >= 4 is 33.2 Å². The lowest BCUT2D eigenvalue weighted by atomic mass is 10.1. The summed E-state index contributed by atoms with van der Waals surface area (Å²) in [5.41, 5.74) is 2.24. The zero-order valence-electron chi connectivity index (χ0n) is 17.9. The van der Waals surface area contributed by atoms with E-state index in [1.54, 1.807) is 48.5 Å². The maximum atomic E-state index is 12.6. The minimum absolute atomic E-state index is 0.0592. The zero-order chi connectivity index (χ0) is 22.4. The lowest BCUT2D eigenvalue weighted by Crippen LogP contribution is -2.27. The first-order valence-corrected chi connectivity index (χ1v) is 12.0. The number of sulfonamides is 1. The summed E-state index contributed by atoms with van der Waals surface area (Å²) in [5, 5.41) is 5.64. The predicted octanol–water partition coefficient (Wildman–Crippen LogP) is 3.64. The van der Waals surface area contributed by atoms with Crippen molar-refractivity contribution in [1.82, 2.24) is 4.31 Å². The number of carbonyl (C=O) groups excluding carboxylic acids is 2. The van der Waals surface area contributed by atoms with Crippen molar-refractivity contribution in [3.8, 4) is 0 Å². The molecule has 0 unspecified atom stereocenters. The van der Waals surface area contributed by atoms with Crippen LogP contribution in [-0.4, -0.2) is 37.6 Å². The van der Waals surface area contributed by atoms with Crippen molar-refractivity contribution in [3.63, 3.8) is 0 Å². The molecule has 1 fully saturated rings. The minimum atomic E-state index is -3.42. The molecule has 2 amide bonds. The van der Waals surface area contributed by atoms with E-state index in [4.69, 9.17) is 0 Å². The Morgan fingerprint density at radius 2 is 1.45 bits per heavy atom. The van der Waals surface area contributed by atoms with Crippen LogP contribution in [0.4, 0.5) is 11.4 Å². The average Bonchev–Trinajstić information content (AvgIpc) is 3.30. The third-order valence-electron chi connectivity index (χ3n) is 5.23. The van der Waals surface area contributed by atoms with E-state index in [9.17, 15) is 18.0 Å². The van der Waals surface area contributed by atoms with Gasteiger partial charge in [0.15, 0.2) is 0 Å². The Hall–Kier alpha value is -2.71. The van der Waals surface area contributed by atoms with Crippen molar-refractivity contribution in [2.75, 3.05) is 23.7 Å². The number of hydrogen-bond donors (Lipinski definition) is 2. The van der Waals surface area contributed by atoms with Gasteiger partial charge in [-0.25, -0.2) is 8.42 Å². The normalized spacial score (nSPS) is 14.5. The van der Waals surface area contributed by atoms with Gasteiger partial charge in [-0.05, 0) is 61.2 Å². The Morgan fingerprint density at radius 1 is 0.903 bits per heavy atom. The Labute approximate surface area is 183 Å². The molecule has 0 spiro atoms. The first-order valence-electron chi connectivity index (χ1n) is 10.6. The predicted molar refractivity (Wildman–Crippen MR) is 121 cm³/mol. The third-order valence-corrected chi connectivity index (χ3v) is 7.14. The van der Waals surface area contributed by atoms with E-state index in [0.717, 1.165) is 18.4 Å². The summed E-state index contributed by atoms with van der Waals surface area (Å²) in [6.45, 7) is 4.80. The summed E-state index contributed by atoms with van der Waals surface area (Å²) in [4.78, 5) is 24.3. The molecule has 1 heterocycles. The smallest absolute Gasteiger partial charge is 0.243 e. The van der Waals surface area contributed by atoms with Crippen LogP contribution in [0, 0.1) is 5.92 Å². The van der Waals surface area contributed by atoms with Crippen LogP contribution >= 0.6 is 0 Å². The molecule has 0 aliphatic carbocycles. The summed E-state index contributed by atoms with van der Waals surface area (Å²) in [5.74, 6) is -0.294. The lowest BCUT2D eigenvalue weighted by Gasteiger charge is -2.15. The van der Waals surface area contributed by atoms with Crippen LogP contribution < -0.4 is 10.6 Å². The van der Waals surface area contributed by atoms with Gasteiger partial charge < -0.3 is 10.6 Å². The average molecular weight is 444 g/mol. The van der Waals surface area contributed by atoms with Crippen molar-refractivity contribution in [1.29, 1.82) is 0 Å². The number of amides is 2. The maximum absolute atomic E-state index is 12.6. The number of rotatable bonds is 8. The largest absolute Gasteiger partial charge is 0.326 e. The molecule has 1 aliphatic heterocycles. The molecule has 8 heteroatoms. The van der Waals surface area contributed by atoms with Crippen LogP contribution in [-0.2, 0) is 26.0 Å². The topological polar surface area (TPSA) is 95.6 Å². The summed E-state index contributed by atoms with van der Waals surface area (Å²) in [6.07, 6.45) is 2.60. The highest BCUT2D eigenvalue weighted by atomic mass is 32.2. The molecule has 0 saturated carbocycles. The van der Waals surface area contributed by atoms with Gasteiger partial charge in [-0.3, -0.25) is 9.59 Å². The first kappa shape index (κ1) is 23.0. The van der Waals surface area contributed by atoms with E-state index in [1.165, 1.54) is 4.31 Å². The van der Waals surface area contributed by atoms with Crippen LogP contribution in [0.2, 0.25) is 0 Å². The third kappa shape index (κ3) is 6.15. The van der Waals surface area contributed by atoms with E-state index in [2.05, 4.69) is 10.6 Å². The van der Waals surface area contributed by atoms with Crippen LogP contribution in [0.1, 0.15) is 38.7 Å². The van der Waals surface area contributed by atoms with Crippen molar-refractivity contribution in [2.45, 2.75) is 44.4 Å². The van der Waals surface area contributed by atoms with Gasteiger partial charge in [-0.1, -0.05) is 26.0 Å². The highest BCUT2D eigenvalue weighted by Crippen LogP contribution is 2.21. The summed E-state index contributed by atoms with van der Waals surface area (Å²) < 4.78 is 26.7. The van der Waals surface area contributed by atoms with Gasteiger partial charge in [0.1, 0.15) is 0 Å².